The maximum atomic E-state index is 11.0. The first-order valence-electron chi connectivity index (χ1n) is 5.15. The van der Waals surface area contributed by atoms with Gasteiger partial charge >= 0.3 is 5.97 Å². The van der Waals surface area contributed by atoms with Crippen molar-refractivity contribution in [3.63, 3.8) is 0 Å². The van der Waals surface area contributed by atoms with E-state index in [2.05, 4.69) is 4.98 Å². The molecule has 0 aliphatic heterocycles. The van der Waals surface area contributed by atoms with Gasteiger partial charge in [-0.05, 0) is 12.5 Å². The van der Waals surface area contributed by atoms with Crippen molar-refractivity contribution in [2.24, 2.45) is 0 Å². The van der Waals surface area contributed by atoms with Crippen molar-refractivity contribution in [3.8, 4) is 5.75 Å². The molecule has 2 rings (SSSR count). The molecule has 0 unspecified atom stereocenters. The fourth-order valence-corrected chi connectivity index (χ4v) is 1.80. The molecule has 17 heavy (non-hydrogen) atoms. The van der Waals surface area contributed by atoms with Gasteiger partial charge in [0.25, 0.3) is 0 Å². The number of hydrogen-bond donors (Lipinski definition) is 0. The molecular weight excluding hydrogens is 218 g/mol. The van der Waals surface area contributed by atoms with Gasteiger partial charge < -0.3 is 4.74 Å². The largest absolute Gasteiger partial charge is 0.424 e. The Morgan fingerprint density at radius 3 is 2.82 bits per heavy atom. The molecule has 0 spiro atoms. The average Bonchev–Trinajstić information content (AvgIpc) is 2.28. The lowest BCUT2D eigenvalue weighted by molar-refractivity contribution is -0.131. The molecule has 0 aliphatic carbocycles. The molecule has 1 heterocycles. The van der Waals surface area contributed by atoms with Crippen molar-refractivity contribution >= 4 is 23.0 Å². The molecule has 1 aromatic heterocycles. The lowest BCUT2D eigenvalue weighted by atomic mass is 10.0. The highest BCUT2D eigenvalue weighted by Crippen LogP contribution is 2.29. The highest BCUT2D eigenvalue weighted by molar-refractivity contribution is 6.01. The van der Waals surface area contributed by atoms with E-state index in [1.165, 1.54) is 13.1 Å². The first kappa shape index (κ1) is 11.3. The lowest BCUT2D eigenvalue weighted by Gasteiger charge is -2.09. The predicted octanol–water partition coefficient (Wildman–Crippen LogP) is 2.28. The minimum Gasteiger partial charge on any atom is -0.424 e. The molecule has 4 nitrogen and oxygen atoms in total. The Morgan fingerprint density at radius 2 is 2.18 bits per heavy atom. The van der Waals surface area contributed by atoms with Crippen molar-refractivity contribution in [2.75, 3.05) is 0 Å². The molecule has 0 saturated heterocycles. The van der Waals surface area contributed by atoms with Crippen LogP contribution in [0, 0.1) is 6.92 Å². The number of carbonyl (C=O) groups is 2. The minimum absolute atomic E-state index is 0.347. The van der Waals surface area contributed by atoms with Crippen LogP contribution in [0.4, 0.5) is 0 Å². The van der Waals surface area contributed by atoms with Gasteiger partial charge in [-0.3, -0.25) is 9.59 Å². The van der Waals surface area contributed by atoms with Gasteiger partial charge in [-0.25, -0.2) is 4.98 Å². The fraction of sp³-hybridized carbons (Fsp3) is 0.154. The third-order valence-electron chi connectivity index (χ3n) is 2.48. The normalized spacial score (nSPS) is 10.2. The zero-order chi connectivity index (χ0) is 12.4. The Kier molecular flexibility index (Phi) is 2.87. The van der Waals surface area contributed by atoms with Gasteiger partial charge in [0.05, 0.1) is 6.20 Å². The molecule has 0 amide bonds. The zero-order valence-electron chi connectivity index (χ0n) is 9.56. The summed E-state index contributed by atoms with van der Waals surface area (Å²) in [5.41, 5.74) is 1.28. The van der Waals surface area contributed by atoms with Crippen LogP contribution >= 0.6 is 0 Å². The van der Waals surface area contributed by atoms with Crippen molar-refractivity contribution in [1.82, 2.24) is 4.98 Å². The summed E-state index contributed by atoms with van der Waals surface area (Å²) in [6.45, 7) is 3.22. The first-order valence-corrected chi connectivity index (χ1v) is 5.15. The molecule has 0 radical (unpaired) electrons. The number of pyridine rings is 1. The summed E-state index contributed by atoms with van der Waals surface area (Å²) < 4.78 is 5.09. The number of rotatable bonds is 2. The van der Waals surface area contributed by atoms with E-state index in [1.54, 1.807) is 6.07 Å². The number of esters is 1. The number of hydrogen-bond acceptors (Lipinski definition) is 4. The van der Waals surface area contributed by atoms with E-state index in [0.717, 1.165) is 10.9 Å². The Hall–Kier alpha value is -2.23. The van der Waals surface area contributed by atoms with E-state index >= 15 is 0 Å². The summed E-state index contributed by atoms with van der Waals surface area (Å²) in [6.07, 6.45) is 2.10. The van der Waals surface area contributed by atoms with Gasteiger partial charge in [0.15, 0.2) is 12.0 Å². The lowest BCUT2D eigenvalue weighted by Crippen LogP contribution is -2.04. The Balaban J connectivity index is 2.78. The van der Waals surface area contributed by atoms with Gasteiger partial charge in [0, 0.05) is 17.7 Å². The number of fused-ring (bicyclic) bond motifs is 1. The van der Waals surface area contributed by atoms with E-state index < -0.39 is 5.97 Å². The number of benzene rings is 1. The van der Waals surface area contributed by atoms with E-state index in [9.17, 15) is 9.59 Å². The van der Waals surface area contributed by atoms with Gasteiger partial charge in [-0.1, -0.05) is 18.2 Å². The monoisotopic (exact) mass is 229 g/mol. The van der Waals surface area contributed by atoms with Crippen LogP contribution in [-0.4, -0.2) is 17.2 Å². The molecule has 0 bridgehead atoms. The minimum atomic E-state index is -0.407. The SMILES string of the molecule is CC(=O)Oc1cnc(C=O)c2cccc(C)c12. The summed E-state index contributed by atoms with van der Waals surface area (Å²) in [5.74, 6) is -0.0218. The second kappa shape index (κ2) is 4.33. The number of nitrogens with zero attached hydrogens (tertiary/aromatic N) is 1. The van der Waals surface area contributed by atoms with Crippen molar-refractivity contribution in [3.05, 3.63) is 35.7 Å². The second-order valence-corrected chi connectivity index (χ2v) is 3.72. The Morgan fingerprint density at radius 1 is 1.41 bits per heavy atom. The molecule has 0 aliphatic rings. The first-order chi connectivity index (χ1) is 8.13. The van der Waals surface area contributed by atoms with Gasteiger partial charge in [0.2, 0.25) is 0 Å². The molecule has 1 aromatic carbocycles. The second-order valence-electron chi connectivity index (χ2n) is 3.72. The third kappa shape index (κ3) is 2.01. The molecule has 0 N–H and O–H groups in total. The van der Waals surface area contributed by atoms with E-state index in [4.69, 9.17) is 4.74 Å². The van der Waals surface area contributed by atoms with Crippen LogP contribution in [0.15, 0.2) is 24.4 Å². The van der Waals surface area contributed by atoms with Gasteiger partial charge in [0.1, 0.15) is 5.69 Å². The van der Waals surface area contributed by atoms with Crippen molar-refractivity contribution in [2.45, 2.75) is 13.8 Å². The topological polar surface area (TPSA) is 56.3 Å². The highest BCUT2D eigenvalue weighted by atomic mass is 16.5. The van der Waals surface area contributed by atoms with Crippen LogP contribution in [0.25, 0.3) is 10.8 Å². The van der Waals surface area contributed by atoms with Gasteiger partial charge in [-0.15, -0.1) is 0 Å². The van der Waals surface area contributed by atoms with E-state index in [-0.39, 0.29) is 0 Å². The molecule has 4 heteroatoms. The maximum absolute atomic E-state index is 11.0. The quantitative estimate of drug-likeness (QED) is 0.585. The van der Waals surface area contributed by atoms with E-state index in [1.807, 2.05) is 19.1 Å². The Bertz CT molecular complexity index is 605. The van der Waals surface area contributed by atoms with Crippen LogP contribution in [0.1, 0.15) is 23.0 Å². The van der Waals surface area contributed by atoms with Crippen molar-refractivity contribution in [1.29, 1.82) is 0 Å². The number of aromatic nitrogens is 1. The number of aryl methyl sites for hydroxylation is 1. The maximum Gasteiger partial charge on any atom is 0.308 e. The summed E-state index contributed by atoms with van der Waals surface area (Å²) >= 11 is 0. The van der Waals surface area contributed by atoms with Crippen LogP contribution in [0.5, 0.6) is 5.75 Å². The number of ether oxygens (including phenoxy) is 1. The van der Waals surface area contributed by atoms with Gasteiger partial charge in [-0.2, -0.15) is 0 Å². The zero-order valence-corrected chi connectivity index (χ0v) is 9.56. The Labute approximate surface area is 98.2 Å². The van der Waals surface area contributed by atoms with Crippen LogP contribution in [0.3, 0.4) is 0 Å². The third-order valence-corrected chi connectivity index (χ3v) is 2.48. The molecular formula is C13H11NO3. The smallest absolute Gasteiger partial charge is 0.308 e. The van der Waals surface area contributed by atoms with E-state index in [0.29, 0.717) is 23.1 Å². The summed E-state index contributed by atoms with van der Waals surface area (Å²) in [4.78, 5) is 25.9. The standard InChI is InChI=1S/C13H11NO3/c1-8-4-3-5-10-11(7-15)14-6-12(13(8)10)17-9(2)16/h3-7H,1-2H3. The molecule has 2 aromatic rings. The summed E-state index contributed by atoms with van der Waals surface area (Å²) in [6, 6.07) is 5.51. The van der Waals surface area contributed by atoms with Crippen LogP contribution < -0.4 is 4.74 Å². The summed E-state index contributed by atoms with van der Waals surface area (Å²) in [7, 11) is 0. The van der Waals surface area contributed by atoms with Crippen LogP contribution in [-0.2, 0) is 4.79 Å². The molecule has 0 atom stereocenters. The fourth-order valence-electron chi connectivity index (χ4n) is 1.80. The molecule has 0 saturated carbocycles. The van der Waals surface area contributed by atoms with Crippen LogP contribution in [0.2, 0.25) is 0 Å². The predicted molar refractivity (Wildman–Crippen MR) is 63.2 cm³/mol. The number of aldehydes is 1. The van der Waals surface area contributed by atoms with Crippen molar-refractivity contribution < 1.29 is 14.3 Å². The highest BCUT2D eigenvalue weighted by Gasteiger charge is 2.11. The average molecular weight is 229 g/mol. The molecule has 86 valence electrons. The number of carbonyl (C=O) groups excluding carboxylic acids is 2. The summed E-state index contributed by atoms with van der Waals surface area (Å²) in [5, 5.41) is 1.44. The molecule has 0 fully saturated rings.